The first kappa shape index (κ1) is 15.8. The molecule has 116 valence electrons. The molecule has 2 aromatic carbocycles. The SMILES string of the molecule is COC(=O)c1cc(-c2ccc(F)c(C(F)(F)F)c2)ccc1O. The van der Waals surface area contributed by atoms with E-state index in [2.05, 4.69) is 4.74 Å². The molecule has 0 fully saturated rings. The first-order valence-electron chi connectivity index (χ1n) is 6.02. The fraction of sp³-hybridized carbons (Fsp3) is 0.133. The van der Waals surface area contributed by atoms with E-state index in [1.54, 1.807) is 0 Å². The van der Waals surface area contributed by atoms with Crippen molar-refractivity contribution in [1.82, 2.24) is 0 Å². The van der Waals surface area contributed by atoms with Gasteiger partial charge in [-0.2, -0.15) is 13.2 Å². The minimum Gasteiger partial charge on any atom is -0.507 e. The molecule has 0 unspecified atom stereocenters. The topological polar surface area (TPSA) is 46.5 Å². The van der Waals surface area contributed by atoms with E-state index in [1.807, 2.05) is 0 Å². The first-order valence-corrected chi connectivity index (χ1v) is 6.02. The molecule has 0 bridgehead atoms. The fourth-order valence-electron chi connectivity index (χ4n) is 1.91. The van der Waals surface area contributed by atoms with Crippen LogP contribution in [-0.4, -0.2) is 18.2 Å². The highest BCUT2D eigenvalue weighted by Crippen LogP contribution is 2.35. The average molecular weight is 314 g/mol. The van der Waals surface area contributed by atoms with E-state index in [4.69, 9.17) is 0 Å². The molecule has 0 atom stereocenters. The van der Waals surface area contributed by atoms with Gasteiger partial charge in [0.25, 0.3) is 0 Å². The minimum absolute atomic E-state index is 0.0545. The normalized spacial score (nSPS) is 11.3. The molecule has 2 aromatic rings. The maximum atomic E-state index is 13.3. The second kappa shape index (κ2) is 5.67. The number of methoxy groups -OCH3 is 1. The van der Waals surface area contributed by atoms with Crippen molar-refractivity contribution in [2.24, 2.45) is 0 Å². The minimum atomic E-state index is -4.83. The van der Waals surface area contributed by atoms with Crippen molar-refractivity contribution in [3.05, 3.63) is 53.3 Å². The standard InChI is InChI=1S/C15H10F4O3/c1-22-14(21)10-6-8(3-5-13(10)20)9-2-4-12(16)11(7-9)15(17,18)19/h2-7,20H,1H3. The molecule has 0 radical (unpaired) electrons. The monoisotopic (exact) mass is 314 g/mol. The van der Waals surface area contributed by atoms with Gasteiger partial charge in [0.05, 0.1) is 12.7 Å². The van der Waals surface area contributed by atoms with Gasteiger partial charge in [0.15, 0.2) is 0 Å². The lowest BCUT2D eigenvalue weighted by molar-refractivity contribution is -0.139. The Morgan fingerprint density at radius 2 is 1.68 bits per heavy atom. The Hall–Kier alpha value is -2.57. The van der Waals surface area contributed by atoms with Crippen LogP contribution in [0.1, 0.15) is 15.9 Å². The highest BCUT2D eigenvalue weighted by Gasteiger charge is 2.34. The van der Waals surface area contributed by atoms with Crippen molar-refractivity contribution in [3.8, 4) is 16.9 Å². The third-order valence-corrected chi connectivity index (χ3v) is 3.01. The highest BCUT2D eigenvalue weighted by atomic mass is 19.4. The molecule has 0 saturated heterocycles. The van der Waals surface area contributed by atoms with E-state index in [0.717, 1.165) is 19.2 Å². The summed E-state index contributed by atoms with van der Waals surface area (Å²) >= 11 is 0. The molecule has 1 N–H and O–H groups in total. The number of carbonyl (C=O) groups is 1. The summed E-state index contributed by atoms with van der Waals surface area (Å²) < 4.78 is 55.9. The molecule has 7 heteroatoms. The molecule has 0 aliphatic heterocycles. The predicted molar refractivity (Wildman–Crippen MR) is 69.8 cm³/mol. The number of phenolic OH excluding ortho intramolecular Hbond substituents is 1. The van der Waals surface area contributed by atoms with Crippen molar-refractivity contribution in [1.29, 1.82) is 0 Å². The lowest BCUT2D eigenvalue weighted by Crippen LogP contribution is -2.08. The third kappa shape index (κ3) is 3.03. The Morgan fingerprint density at radius 3 is 2.27 bits per heavy atom. The molecule has 0 saturated carbocycles. The number of carbonyl (C=O) groups excluding carboxylic acids is 1. The Labute approximate surface area is 122 Å². The van der Waals surface area contributed by atoms with Crippen LogP contribution < -0.4 is 0 Å². The summed E-state index contributed by atoms with van der Waals surface area (Å²) in [4.78, 5) is 11.5. The number of ether oxygens (including phenoxy) is 1. The van der Waals surface area contributed by atoms with Crippen molar-refractivity contribution in [3.63, 3.8) is 0 Å². The van der Waals surface area contributed by atoms with Gasteiger partial charge in [-0.1, -0.05) is 12.1 Å². The second-order valence-corrected chi connectivity index (χ2v) is 4.42. The van der Waals surface area contributed by atoms with Crippen LogP contribution in [0.2, 0.25) is 0 Å². The lowest BCUT2D eigenvalue weighted by atomic mass is 10.00. The average Bonchev–Trinajstić information content (AvgIpc) is 2.46. The van der Waals surface area contributed by atoms with Crippen LogP contribution in [0, 0.1) is 5.82 Å². The van der Waals surface area contributed by atoms with Gasteiger partial charge in [-0.3, -0.25) is 0 Å². The van der Waals surface area contributed by atoms with Gasteiger partial charge in [-0.05, 0) is 35.4 Å². The van der Waals surface area contributed by atoms with Crippen LogP contribution in [0.5, 0.6) is 5.75 Å². The van der Waals surface area contributed by atoms with Crippen molar-refractivity contribution in [2.75, 3.05) is 7.11 Å². The first-order chi connectivity index (χ1) is 10.2. The van der Waals surface area contributed by atoms with Gasteiger partial charge in [-0.15, -0.1) is 0 Å². The molecule has 0 aliphatic rings. The van der Waals surface area contributed by atoms with Gasteiger partial charge >= 0.3 is 12.1 Å². The molecule has 22 heavy (non-hydrogen) atoms. The quantitative estimate of drug-likeness (QED) is 0.673. The molecular weight excluding hydrogens is 304 g/mol. The van der Waals surface area contributed by atoms with Crippen molar-refractivity contribution < 1.29 is 32.2 Å². The smallest absolute Gasteiger partial charge is 0.419 e. The van der Waals surface area contributed by atoms with Crippen LogP contribution >= 0.6 is 0 Å². The van der Waals surface area contributed by atoms with E-state index in [9.17, 15) is 27.5 Å². The predicted octanol–water partition coefficient (Wildman–Crippen LogP) is 4.00. The molecule has 3 nitrogen and oxygen atoms in total. The maximum Gasteiger partial charge on any atom is 0.419 e. The summed E-state index contributed by atoms with van der Waals surface area (Å²) in [6, 6.07) is 6.13. The maximum absolute atomic E-state index is 13.3. The van der Waals surface area contributed by atoms with Crippen LogP contribution in [0.4, 0.5) is 17.6 Å². The zero-order valence-corrected chi connectivity index (χ0v) is 11.2. The molecule has 2 rings (SSSR count). The van der Waals surface area contributed by atoms with Crippen LogP contribution in [0.15, 0.2) is 36.4 Å². The summed E-state index contributed by atoms with van der Waals surface area (Å²) in [5, 5.41) is 9.57. The zero-order valence-electron chi connectivity index (χ0n) is 11.2. The fourth-order valence-corrected chi connectivity index (χ4v) is 1.91. The molecule has 0 aromatic heterocycles. The number of halogens is 4. The number of alkyl halides is 3. The number of hydrogen-bond acceptors (Lipinski definition) is 3. The summed E-state index contributed by atoms with van der Waals surface area (Å²) in [7, 11) is 1.11. The molecule has 0 spiro atoms. The van der Waals surface area contributed by atoms with Gasteiger partial charge in [-0.25, -0.2) is 9.18 Å². The van der Waals surface area contributed by atoms with Crippen LogP contribution in [-0.2, 0) is 10.9 Å². The number of rotatable bonds is 2. The molecular formula is C15H10F4O3. The Balaban J connectivity index is 2.56. The zero-order chi connectivity index (χ0) is 16.5. The van der Waals surface area contributed by atoms with E-state index in [-0.39, 0.29) is 22.4 Å². The van der Waals surface area contributed by atoms with E-state index >= 15 is 0 Å². The van der Waals surface area contributed by atoms with Gasteiger partial charge in [0, 0.05) is 0 Å². The summed E-state index contributed by atoms with van der Waals surface area (Å²) in [5.74, 6) is -2.59. The number of hydrogen-bond donors (Lipinski definition) is 1. The highest BCUT2D eigenvalue weighted by molar-refractivity contribution is 5.94. The van der Waals surface area contributed by atoms with Gasteiger partial charge in [0.2, 0.25) is 0 Å². The van der Waals surface area contributed by atoms with Crippen LogP contribution in [0.25, 0.3) is 11.1 Å². The molecule has 0 heterocycles. The van der Waals surface area contributed by atoms with Crippen LogP contribution in [0.3, 0.4) is 0 Å². The third-order valence-electron chi connectivity index (χ3n) is 3.01. The number of benzene rings is 2. The van der Waals surface area contributed by atoms with E-state index < -0.39 is 23.5 Å². The molecule has 0 aliphatic carbocycles. The summed E-state index contributed by atoms with van der Waals surface area (Å²) in [6.45, 7) is 0. The largest absolute Gasteiger partial charge is 0.507 e. The Morgan fingerprint density at radius 1 is 1.09 bits per heavy atom. The number of phenols is 1. The number of aromatic hydroxyl groups is 1. The van der Waals surface area contributed by atoms with Crippen molar-refractivity contribution >= 4 is 5.97 Å². The lowest BCUT2D eigenvalue weighted by Gasteiger charge is -2.11. The Kier molecular flexibility index (Phi) is 4.07. The summed E-state index contributed by atoms with van der Waals surface area (Å²) in [6.07, 6.45) is -4.83. The van der Waals surface area contributed by atoms with Gasteiger partial charge in [0.1, 0.15) is 17.1 Å². The second-order valence-electron chi connectivity index (χ2n) is 4.42. The van der Waals surface area contributed by atoms with E-state index in [0.29, 0.717) is 12.1 Å². The Bertz CT molecular complexity index is 723. The molecule has 0 amide bonds. The number of esters is 1. The van der Waals surface area contributed by atoms with E-state index in [1.165, 1.54) is 12.1 Å². The van der Waals surface area contributed by atoms with Gasteiger partial charge < -0.3 is 9.84 Å². The van der Waals surface area contributed by atoms with Crippen molar-refractivity contribution in [2.45, 2.75) is 6.18 Å². The summed E-state index contributed by atoms with van der Waals surface area (Å²) in [5.41, 5.74) is -1.34.